The molecule has 4 heteroatoms. The van der Waals surface area contributed by atoms with Crippen molar-refractivity contribution in [2.75, 3.05) is 6.00 Å². The zero-order valence-electron chi connectivity index (χ0n) is 9.51. The summed E-state index contributed by atoms with van der Waals surface area (Å²) in [5.41, 5.74) is -0.222. The van der Waals surface area contributed by atoms with Crippen LogP contribution >= 0.6 is 11.6 Å². The van der Waals surface area contributed by atoms with Gasteiger partial charge >= 0.3 is 0 Å². The van der Waals surface area contributed by atoms with Crippen LogP contribution in [0.15, 0.2) is 24.3 Å². The van der Waals surface area contributed by atoms with Gasteiger partial charge in [-0.2, -0.15) is 0 Å². The molecule has 2 rings (SSSR count). The Bertz CT molecular complexity index is 416. The van der Waals surface area contributed by atoms with E-state index in [-0.39, 0.29) is 17.7 Å². The molecule has 1 saturated carbocycles. The van der Waals surface area contributed by atoms with E-state index in [1.807, 2.05) is 0 Å². The molecule has 0 radical (unpaired) electrons. The highest BCUT2D eigenvalue weighted by Crippen LogP contribution is 2.42. The number of hydrogen-bond donors (Lipinski definition) is 1. The monoisotopic (exact) mass is 255 g/mol. The predicted molar refractivity (Wildman–Crippen MR) is 65.4 cm³/mol. The third-order valence-corrected chi connectivity index (χ3v) is 3.64. The van der Waals surface area contributed by atoms with E-state index in [1.54, 1.807) is 18.2 Å². The van der Waals surface area contributed by atoms with Gasteiger partial charge in [0.15, 0.2) is 0 Å². The molecule has 1 aromatic carbocycles. The average molecular weight is 256 g/mol. The highest BCUT2D eigenvalue weighted by atomic mass is 35.5. The molecule has 1 aliphatic rings. The van der Waals surface area contributed by atoms with Gasteiger partial charge < -0.3 is 5.32 Å². The summed E-state index contributed by atoms with van der Waals surface area (Å²) >= 11 is 5.54. The number of carbonyl (C=O) groups excluding carboxylic acids is 1. The smallest absolute Gasteiger partial charge is 0.231 e. The van der Waals surface area contributed by atoms with Crippen LogP contribution in [-0.4, -0.2) is 11.9 Å². The second kappa shape index (κ2) is 5.05. The molecule has 0 spiro atoms. The Balaban J connectivity index is 2.41. The first kappa shape index (κ1) is 12.4. The van der Waals surface area contributed by atoms with Crippen LogP contribution in [0.4, 0.5) is 4.39 Å². The lowest BCUT2D eigenvalue weighted by Gasteiger charge is -2.28. The van der Waals surface area contributed by atoms with E-state index >= 15 is 0 Å². The van der Waals surface area contributed by atoms with Gasteiger partial charge in [0.05, 0.1) is 11.4 Å². The Hall–Kier alpha value is -1.09. The Kier molecular flexibility index (Phi) is 3.67. The van der Waals surface area contributed by atoms with Gasteiger partial charge in [-0.1, -0.05) is 31.0 Å². The number of rotatable bonds is 3. The molecule has 92 valence electrons. The van der Waals surface area contributed by atoms with Gasteiger partial charge in [0, 0.05) is 5.56 Å². The molecule has 0 bridgehead atoms. The fraction of sp³-hybridized carbons (Fsp3) is 0.462. The van der Waals surface area contributed by atoms with Crippen LogP contribution in [-0.2, 0) is 10.2 Å². The third kappa shape index (κ3) is 2.16. The first-order valence-electron chi connectivity index (χ1n) is 5.80. The van der Waals surface area contributed by atoms with E-state index in [2.05, 4.69) is 5.32 Å². The number of carbonyl (C=O) groups is 1. The lowest BCUT2D eigenvalue weighted by molar-refractivity contribution is -0.126. The molecule has 1 aromatic rings. The maximum absolute atomic E-state index is 13.9. The molecule has 0 aromatic heterocycles. The summed E-state index contributed by atoms with van der Waals surface area (Å²) < 4.78 is 13.9. The number of benzene rings is 1. The summed E-state index contributed by atoms with van der Waals surface area (Å²) in [7, 11) is 0. The summed E-state index contributed by atoms with van der Waals surface area (Å²) in [4.78, 5) is 12.2. The van der Waals surface area contributed by atoms with Gasteiger partial charge in [-0.15, -0.1) is 11.6 Å². The van der Waals surface area contributed by atoms with Crippen LogP contribution in [0.25, 0.3) is 0 Å². The fourth-order valence-corrected chi connectivity index (χ4v) is 2.80. The molecule has 1 fully saturated rings. The average Bonchev–Trinajstić information content (AvgIpc) is 2.80. The number of alkyl halides is 1. The summed E-state index contributed by atoms with van der Waals surface area (Å²) in [6.07, 6.45) is 3.28. The van der Waals surface area contributed by atoms with Gasteiger partial charge in [0.1, 0.15) is 5.82 Å². The highest BCUT2D eigenvalue weighted by Gasteiger charge is 2.43. The SMILES string of the molecule is O=C(NCCl)C1(c2ccccc2F)CCCC1. The van der Waals surface area contributed by atoms with E-state index < -0.39 is 5.41 Å². The second-order valence-corrected chi connectivity index (χ2v) is 4.68. The molecule has 2 nitrogen and oxygen atoms in total. The van der Waals surface area contributed by atoms with Crippen LogP contribution in [0.3, 0.4) is 0 Å². The van der Waals surface area contributed by atoms with Crippen molar-refractivity contribution in [3.8, 4) is 0 Å². The van der Waals surface area contributed by atoms with Crippen LogP contribution in [0.5, 0.6) is 0 Å². The molecule has 0 heterocycles. The minimum absolute atomic E-state index is 0.0645. The lowest BCUT2D eigenvalue weighted by Crippen LogP contribution is -2.42. The van der Waals surface area contributed by atoms with Crippen molar-refractivity contribution in [1.82, 2.24) is 5.32 Å². The first-order valence-corrected chi connectivity index (χ1v) is 6.33. The zero-order valence-corrected chi connectivity index (χ0v) is 10.3. The minimum atomic E-state index is -0.722. The number of nitrogens with one attached hydrogen (secondary N) is 1. The number of hydrogen-bond acceptors (Lipinski definition) is 1. The summed E-state index contributed by atoms with van der Waals surface area (Å²) in [6.45, 7) is 0. The van der Waals surface area contributed by atoms with Crippen molar-refractivity contribution in [2.24, 2.45) is 0 Å². The number of halogens is 2. The highest BCUT2D eigenvalue weighted by molar-refractivity contribution is 6.18. The van der Waals surface area contributed by atoms with Crippen LogP contribution < -0.4 is 5.32 Å². The van der Waals surface area contributed by atoms with Crippen molar-refractivity contribution in [1.29, 1.82) is 0 Å². The van der Waals surface area contributed by atoms with E-state index in [0.717, 1.165) is 12.8 Å². The molecule has 0 unspecified atom stereocenters. The van der Waals surface area contributed by atoms with Crippen molar-refractivity contribution in [3.05, 3.63) is 35.6 Å². The van der Waals surface area contributed by atoms with Crippen molar-refractivity contribution < 1.29 is 9.18 Å². The molecule has 17 heavy (non-hydrogen) atoms. The van der Waals surface area contributed by atoms with E-state index in [0.29, 0.717) is 18.4 Å². The normalized spacial score (nSPS) is 18.0. The molecule has 0 atom stereocenters. The molecular formula is C13H15ClFNO. The summed E-state index contributed by atoms with van der Waals surface area (Å²) in [5.74, 6) is -0.464. The Labute approximate surface area is 105 Å². The largest absolute Gasteiger partial charge is 0.342 e. The van der Waals surface area contributed by atoms with E-state index in [4.69, 9.17) is 11.6 Å². The van der Waals surface area contributed by atoms with Gasteiger partial charge in [-0.3, -0.25) is 4.79 Å². The number of amides is 1. The maximum atomic E-state index is 13.9. The Morgan fingerprint density at radius 2 is 2.00 bits per heavy atom. The van der Waals surface area contributed by atoms with Gasteiger partial charge in [-0.05, 0) is 18.9 Å². The molecule has 1 amide bonds. The Morgan fingerprint density at radius 1 is 1.35 bits per heavy atom. The van der Waals surface area contributed by atoms with Crippen LogP contribution in [0.1, 0.15) is 31.2 Å². The van der Waals surface area contributed by atoms with Crippen LogP contribution in [0.2, 0.25) is 0 Å². The molecule has 1 N–H and O–H groups in total. The minimum Gasteiger partial charge on any atom is -0.342 e. The lowest BCUT2D eigenvalue weighted by atomic mass is 9.77. The molecule has 0 saturated heterocycles. The summed E-state index contributed by atoms with van der Waals surface area (Å²) in [5, 5.41) is 2.61. The topological polar surface area (TPSA) is 29.1 Å². The molecular weight excluding hydrogens is 241 g/mol. The fourth-order valence-electron chi connectivity index (χ4n) is 2.68. The summed E-state index contributed by atoms with van der Waals surface area (Å²) in [6, 6.07) is 6.58. The quantitative estimate of drug-likeness (QED) is 0.653. The second-order valence-electron chi connectivity index (χ2n) is 4.41. The third-order valence-electron chi connectivity index (χ3n) is 3.51. The van der Waals surface area contributed by atoms with Crippen LogP contribution in [0, 0.1) is 5.82 Å². The molecule has 1 aliphatic carbocycles. The van der Waals surface area contributed by atoms with Gasteiger partial charge in [0.25, 0.3) is 0 Å². The van der Waals surface area contributed by atoms with E-state index in [1.165, 1.54) is 6.07 Å². The predicted octanol–water partition coefficient (Wildman–Crippen LogP) is 2.95. The Morgan fingerprint density at radius 3 is 2.59 bits per heavy atom. The van der Waals surface area contributed by atoms with Gasteiger partial charge in [-0.25, -0.2) is 4.39 Å². The first-order chi connectivity index (χ1) is 8.20. The zero-order chi connectivity index (χ0) is 12.3. The van der Waals surface area contributed by atoms with Crippen molar-refractivity contribution in [3.63, 3.8) is 0 Å². The van der Waals surface area contributed by atoms with Crippen molar-refractivity contribution in [2.45, 2.75) is 31.1 Å². The molecule has 0 aliphatic heterocycles. The van der Waals surface area contributed by atoms with E-state index in [9.17, 15) is 9.18 Å². The van der Waals surface area contributed by atoms with Gasteiger partial charge in [0.2, 0.25) is 5.91 Å². The maximum Gasteiger partial charge on any atom is 0.231 e. The van der Waals surface area contributed by atoms with Crippen molar-refractivity contribution >= 4 is 17.5 Å². The standard InChI is InChI=1S/C13H15ClFNO/c14-9-16-12(17)13(7-3-4-8-13)10-5-1-2-6-11(10)15/h1-2,5-6H,3-4,7-9H2,(H,16,17).